The topological polar surface area (TPSA) is 87.0 Å². The number of methoxy groups -OCH3 is 1. The zero-order chi connectivity index (χ0) is 12.3. The minimum Gasteiger partial charge on any atom is -0.503 e. The van der Waals surface area contributed by atoms with Crippen LogP contribution in [0.25, 0.3) is 6.08 Å². The number of carboxylic acids is 1. The van der Waals surface area contributed by atoms with Gasteiger partial charge in [-0.15, -0.1) is 0 Å². The average molecular weight is 245 g/mol. The molecule has 0 saturated heterocycles. The molecule has 1 aromatic carbocycles. The van der Waals surface area contributed by atoms with Crippen molar-refractivity contribution >= 4 is 23.6 Å². The monoisotopic (exact) mass is 244 g/mol. The van der Waals surface area contributed by atoms with Crippen LogP contribution in [0.4, 0.5) is 0 Å². The van der Waals surface area contributed by atoms with E-state index < -0.39 is 11.7 Å². The lowest BCUT2D eigenvalue weighted by Crippen LogP contribution is -1.98. The second kappa shape index (κ2) is 4.76. The van der Waals surface area contributed by atoms with Crippen LogP contribution >= 0.6 is 11.6 Å². The fourth-order valence-corrected chi connectivity index (χ4v) is 1.26. The first kappa shape index (κ1) is 12.2. The number of phenols is 1. The van der Waals surface area contributed by atoms with E-state index in [-0.39, 0.29) is 22.1 Å². The van der Waals surface area contributed by atoms with E-state index in [9.17, 15) is 9.90 Å². The highest BCUT2D eigenvalue weighted by molar-refractivity contribution is 6.33. The minimum atomic E-state index is -1.48. The Morgan fingerprint density at radius 1 is 1.44 bits per heavy atom. The number of rotatable bonds is 3. The van der Waals surface area contributed by atoms with E-state index in [1.54, 1.807) is 0 Å². The van der Waals surface area contributed by atoms with Gasteiger partial charge in [0.05, 0.1) is 12.1 Å². The summed E-state index contributed by atoms with van der Waals surface area (Å²) in [4.78, 5) is 10.4. The van der Waals surface area contributed by atoms with Crippen molar-refractivity contribution in [2.75, 3.05) is 7.11 Å². The van der Waals surface area contributed by atoms with Gasteiger partial charge in [0, 0.05) is 5.56 Å². The predicted octanol–water partition coefficient (Wildman–Crippen LogP) is 2.04. The molecule has 0 saturated carbocycles. The van der Waals surface area contributed by atoms with Crippen LogP contribution in [0.3, 0.4) is 0 Å². The molecule has 5 nitrogen and oxygen atoms in total. The molecule has 16 heavy (non-hydrogen) atoms. The molecule has 0 aromatic heterocycles. The molecule has 0 atom stereocenters. The van der Waals surface area contributed by atoms with E-state index in [1.165, 1.54) is 19.2 Å². The van der Waals surface area contributed by atoms with Crippen LogP contribution in [0.2, 0.25) is 5.02 Å². The number of carboxylic acid groups (broad SMARTS) is 1. The molecule has 0 aliphatic heterocycles. The lowest BCUT2D eigenvalue weighted by atomic mass is 10.1. The largest absolute Gasteiger partial charge is 0.503 e. The third kappa shape index (κ3) is 2.38. The summed E-state index contributed by atoms with van der Waals surface area (Å²) in [7, 11) is 1.36. The molecule has 86 valence electrons. The van der Waals surface area contributed by atoms with Gasteiger partial charge in [-0.25, -0.2) is 4.79 Å². The second-order valence-corrected chi connectivity index (χ2v) is 3.23. The fourth-order valence-electron chi connectivity index (χ4n) is 1.05. The molecular formula is C10H9ClO5. The van der Waals surface area contributed by atoms with Crippen LogP contribution in [-0.2, 0) is 4.79 Å². The van der Waals surface area contributed by atoms with Gasteiger partial charge in [-0.05, 0) is 18.2 Å². The Morgan fingerprint density at radius 2 is 2.06 bits per heavy atom. The number of phenolic OH excluding ortho intramolecular Hbond substituents is 1. The fraction of sp³-hybridized carbons (Fsp3) is 0.100. The number of benzene rings is 1. The maximum Gasteiger partial charge on any atom is 0.370 e. The second-order valence-electron chi connectivity index (χ2n) is 2.85. The molecule has 0 amide bonds. The number of aliphatic carboxylic acids is 1. The Morgan fingerprint density at radius 3 is 2.56 bits per heavy atom. The van der Waals surface area contributed by atoms with Crippen LogP contribution in [-0.4, -0.2) is 28.4 Å². The van der Waals surface area contributed by atoms with Crippen LogP contribution in [0, 0.1) is 0 Å². The quantitative estimate of drug-likeness (QED) is 0.559. The lowest BCUT2D eigenvalue weighted by molar-refractivity contribution is -0.135. The summed E-state index contributed by atoms with van der Waals surface area (Å²) >= 11 is 5.75. The average Bonchev–Trinajstić information content (AvgIpc) is 2.25. The third-order valence-electron chi connectivity index (χ3n) is 1.84. The molecule has 0 aliphatic carbocycles. The van der Waals surface area contributed by atoms with Crippen molar-refractivity contribution in [3.63, 3.8) is 0 Å². The van der Waals surface area contributed by atoms with Crippen molar-refractivity contribution < 1.29 is 24.9 Å². The molecule has 3 N–H and O–H groups in total. The summed E-state index contributed by atoms with van der Waals surface area (Å²) in [5.41, 5.74) is 0.180. The van der Waals surface area contributed by atoms with Crippen molar-refractivity contribution in [2.24, 2.45) is 0 Å². The standard InChI is InChI=1S/C10H9ClO5/c1-16-7-3-2-5(8(11)9(7)13)4-6(12)10(14)15/h2-4,12-13H,1H3,(H,14,15)/b6-4-. The summed E-state index contributed by atoms with van der Waals surface area (Å²) < 4.78 is 4.80. The predicted molar refractivity (Wildman–Crippen MR) is 57.9 cm³/mol. The number of carbonyl (C=O) groups is 1. The van der Waals surface area contributed by atoms with Crippen LogP contribution in [0.1, 0.15) is 5.56 Å². The van der Waals surface area contributed by atoms with Crippen molar-refractivity contribution in [2.45, 2.75) is 0 Å². The van der Waals surface area contributed by atoms with Gasteiger partial charge in [-0.2, -0.15) is 0 Å². The van der Waals surface area contributed by atoms with Gasteiger partial charge in [0.25, 0.3) is 0 Å². The minimum absolute atomic E-state index is 0.0906. The van der Waals surface area contributed by atoms with Crippen molar-refractivity contribution in [1.29, 1.82) is 0 Å². The highest BCUT2D eigenvalue weighted by Gasteiger charge is 2.12. The number of aliphatic hydroxyl groups excluding tert-OH is 1. The SMILES string of the molecule is COc1ccc(/C=C(\O)C(=O)O)c(Cl)c1O. The van der Waals surface area contributed by atoms with Crippen LogP contribution in [0.15, 0.2) is 17.9 Å². The smallest absolute Gasteiger partial charge is 0.370 e. The maximum absolute atomic E-state index is 10.4. The van der Waals surface area contributed by atoms with E-state index in [2.05, 4.69) is 0 Å². The molecule has 1 rings (SSSR count). The van der Waals surface area contributed by atoms with Crippen LogP contribution < -0.4 is 4.74 Å². The van der Waals surface area contributed by atoms with Gasteiger partial charge in [-0.3, -0.25) is 0 Å². The first-order valence-electron chi connectivity index (χ1n) is 4.16. The first-order chi connectivity index (χ1) is 7.47. The molecule has 0 radical (unpaired) electrons. The number of ether oxygens (including phenoxy) is 1. The van der Waals surface area contributed by atoms with Gasteiger partial charge < -0.3 is 20.1 Å². The van der Waals surface area contributed by atoms with Crippen molar-refractivity contribution in [1.82, 2.24) is 0 Å². The molecule has 0 aliphatic rings. The summed E-state index contributed by atoms with van der Waals surface area (Å²) in [5.74, 6) is -2.49. The molecule has 6 heteroatoms. The maximum atomic E-state index is 10.4. The molecule has 0 bridgehead atoms. The number of aromatic hydroxyl groups is 1. The molecule has 0 fully saturated rings. The normalized spacial score (nSPS) is 11.2. The van der Waals surface area contributed by atoms with Gasteiger partial charge in [0.1, 0.15) is 0 Å². The Labute approximate surface area is 96.2 Å². The van der Waals surface area contributed by atoms with Crippen molar-refractivity contribution in [3.8, 4) is 11.5 Å². The zero-order valence-electron chi connectivity index (χ0n) is 8.27. The van der Waals surface area contributed by atoms with E-state index >= 15 is 0 Å². The van der Waals surface area contributed by atoms with Crippen LogP contribution in [0.5, 0.6) is 11.5 Å². The Kier molecular flexibility index (Phi) is 3.63. The summed E-state index contributed by atoms with van der Waals surface area (Å²) in [5, 5.41) is 26.9. The zero-order valence-corrected chi connectivity index (χ0v) is 9.02. The van der Waals surface area contributed by atoms with E-state index in [0.717, 1.165) is 6.08 Å². The Balaban J connectivity index is 3.23. The molecule has 0 heterocycles. The lowest BCUT2D eigenvalue weighted by Gasteiger charge is -2.06. The van der Waals surface area contributed by atoms with Gasteiger partial charge in [-0.1, -0.05) is 11.6 Å². The molecule has 0 spiro atoms. The number of halogens is 1. The van der Waals surface area contributed by atoms with E-state index in [4.69, 9.17) is 26.6 Å². The van der Waals surface area contributed by atoms with Gasteiger partial charge in [0.2, 0.25) is 5.76 Å². The first-order valence-corrected chi connectivity index (χ1v) is 4.54. The van der Waals surface area contributed by atoms with E-state index in [1.807, 2.05) is 0 Å². The summed E-state index contributed by atoms with van der Waals surface area (Å²) in [6.07, 6.45) is 0.934. The molecular weight excluding hydrogens is 236 g/mol. The summed E-state index contributed by atoms with van der Waals surface area (Å²) in [6.45, 7) is 0. The Hall–Kier alpha value is -1.88. The number of aliphatic hydroxyl groups is 1. The van der Waals surface area contributed by atoms with Gasteiger partial charge in [0.15, 0.2) is 11.5 Å². The van der Waals surface area contributed by atoms with E-state index in [0.29, 0.717) is 0 Å². The molecule has 0 unspecified atom stereocenters. The summed E-state index contributed by atoms with van der Waals surface area (Å²) in [6, 6.07) is 2.82. The number of hydrogen-bond acceptors (Lipinski definition) is 4. The number of hydrogen-bond donors (Lipinski definition) is 3. The highest BCUT2D eigenvalue weighted by atomic mass is 35.5. The Bertz CT molecular complexity index is 453. The van der Waals surface area contributed by atoms with Gasteiger partial charge >= 0.3 is 5.97 Å². The third-order valence-corrected chi connectivity index (χ3v) is 2.24. The molecule has 1 aromatic rings. The highest BCUT2D eigenvalue weighted by Crippen LogP contribution is 2.36. The van der Waals surface area contributed by atoms with Crippen molar-refractivity contribution in [3.05, 3.63) is 28.5 Å².